The number of nitrogens with one attached hydrogen (secondary N) is 2. The van der Waals surface area contributed by atoms with Crippen molar-refractivity contribution in [2.24, 2.45) is 11.8 Å². The van der Waals surface area contributed by atoms with E-state index in [0.29, 0.717) is 13.0 Å². The molecule has 4 nitrogen and oxygen atoms in total. The van der Waals surface area contributed by atoms with Gasteiger partial charge in [0, 0.05) is 12.2 Å². The number of carbonyl (C=O) groups excluding carboxylic acids is 2. The fraction of sp³-hybridized carbons (Fsp3) is 0.300. The predicted molar refractivity (Wildman–Crippen MR) is 94.4 cm³/mol. The first kappa shape index (κ1) is 16.2. The molecule has 4 heteroatoms. The van der Waals surface area contributed by atoms with Crippen LogP contribution in [0.5, 0.6) is 0 Å². The molecule has 1 aliphatic carbocycles. The highest BCUT2D eigenvalue weighted by Gasteiger charge is 2.47. The third-order valence-corrected chi connectivity index (χ3v) is 4.58. The van der Waals surface area contributed by atoms with Crippen molar-refractivity contribution in [2.75, 3.05) is 5.32 Å². The Balaban J connectivity index is 1.51. The van der Waals surface area contributed by atoms with Gasteiger partial charge in [0.15, 0.2) is 0 Å². The number of rotatable bonds is 5. The molecular formula is C20H22N2O2. The minimum Gasteiger partial charge on any atom is -0.352 e. The maximum Gasteiger partial charge on any atom is 0.228 e. The Kier molecular flexibility index (Phi) is 4.65. The average molecular weight is 322 g/mol. The van der Waals surface area contributed by atoms with Crippen LogP contribution in [0.25, 0.3) is 0 Å². The fourth-order valence-corrected chi connectivity index (χ4v) is 2.83. The molecule has 2 amide bonds. The smallest absolute Gasteiger partial charge is 0.228 e. The molecule has 2 aromatic rings. The summed E-state index contributed by atoms with van der Waals surface area (Å²) in [4.78, 5) is 24.5. The zero-order valence-corrected chi connectivity index (χ0v) is 14.0. The zero-order chi connectivity index (χ0) is 17.1. The van der Waals surface area contributed by atoms with E-state index in [9.17, 15) is 9.59 Å². The molecule has 1 fully saturated rings. The summed E-state index contributed by atoms with van der Waals surface area (Å²) >= 11 is 0. The minimum absolute atomic E-state index is 0.0387. The highest BCUT2D eigenvalue weighted by molar-refractivity contribution is 5.99. The largest absolute Gasteiger partial charge is 0.352 e. The van der Waals surface area contributed by atoms with Crippen LogP contribution >= 0.6 is 0 Å². The quantitative estimate of drug-likeness (QED) is 0.888. The van der Waals surface area contributed by atoms with E-state index in [1.54, 1.807) is 0 Å². The van der Waals surface area contributed by atoms with Crippen molar-refractivity contribution in [1.29, 1.82) is 0 Å². The molecule has 0 aliphatic heterocycles. The number of benzene rings is 2. The second-order valence-electron chi connectivity index (χ2n) is 6.40. The van der Waals surface area contributed by atoms with Gasteiger partial charge in [-0.05, 0) is 43.0 Å². The van der Waals surface area contributed by atoms with E-state index in [-0.39, 0.29) is 23.7 Å². The second-order valence-corrected chi connectivity index (χ2v) is 6.40. The van der Waals surface area contributed by atoms with E-state index in [2.05, 4.69) is 10.6 Å². The molecule has 2 aromatic carbocycles. The van der Waals surface area contributed by atoms with Crippen molar-refractivity contribution >= 4 is 17.5 Å². The van der Waals surface area contributed by atoms with Gasteiger partial charge in [0.25, 0.3) is 0 Å². The number of hydrogen-bond donors (Lipinski definition) is 2. The van der Waals surface area contributed by atoms with Crippen LogP contribution in [0, 0.1) is 25.7 Å². The zero-order valence-electron chi connectivity index (χ0n) is 14.0. The topological polar surface area (TPSA) is 58.2 Å². The standard InChI is InChI=1S/C20H22N2O2/c1-13-7-3-5-9-15(13)12-21-19(23)16-11-17(16)20(24)22-18-10-6-4-8-14(18)2/h3-10,16-17H,11-12H2,1-2H3,(H,21,23)(H,22,24). The van der Waals surface area contributed by atoms with Crippen molar-refractivity contribution in [3.8, 4) is 0 Å². The number of carbonyl (C=O) groups is 2. The summed E-state index contributed by atoms with van der Waals surface area (Å²) in [7, 11) is 0. The van der Waals surface area contributed by atoms with Crippen LogP contribution in [-0.2, 0) is 16.1 Å². The third kappa shape index (κ3) is 3.65. The van der Waals surface area contributed by atoms with Gasteiger partial charge >= 0.3 is 0 Å². The summed E-state index contributed by atoms with van der Waals surface area (Å²) in [5.74, 6) is -0.539. The van der Waals surface area contributed by atoms with Crippen molar-refractivity contribution in [3.63, 3.8) is 0 Å². The molecule has 124 valence electrons. The van der Waals surface area contributed by atoms with Gasteiger partial charge in [-0.3, -0.25) is 9.59 Å². The summed E-state index contributed by atoms with van der Waals surface area (Å²) in [5.41, 5.74) is 4.09. The number of aryl methyl sites for hydroxylation is 2. The first-order chi connectivity index (χ1) is 11.6. The lowest BCUT2D eigenvalue weighted by molar-refractivity contribution is -0.125. The lowest BCUT2D eigenvalue weighted by atomic mass is 10.1. The molecule has 1 saturated carbocycles. The van der Waals surface area contributed by atoms with Gasteiger partial charge in [-0.15, -0.1) is 0 Å². The van der Waals surface area contributed by atoms with E-state index in [1.807, 2.05) is 62.4 Å². The monoisotopic (exact) mass is 322 g/mol. The number of anilines is 1. The molecule has 2 N–H and O–H groups in total. The Morgan fingerprint density at radius 1 is 0.917 bits per heavy atom. The van der Waals surface area contributed by atoms with Crippen molar-refractivity contribution in [1.82, 2.24) is 5.32 Å². The van der Waals surface area contributed by atoms with Crippen molar-refractivity contribution in [2.45, 2.75) is 26.8 Å². The van der Waals surface area contributed by atoms with Gasteiger partial charge in [-0.25, -0.2) is 0 Å². The number of amides is 2. The predicted octanol–water partition coefficient (Wildman–Crippen LogP) is 3.19. The van der Waals surface area contributed by atoms with Crippen LogP contribution in [-0.4, -0.2) is 11.8 Å². The van der Waals surface area contributed by atoms with Crippen LogP contribution in [0.2, 0.25) is 0 Å². The first-order valence-corrected chi connectivity index (χ1v) is 8.25. The molecule has 0 radical (unpaired) electrons. The van der Waals surface area contributed by atoms with E-state index in [4.69, 9.17) is 0 Å². The van der Waals surface area contributed by atoms with E-state index in [0.717, 1.165) is 22.4 Å². The van der Waals surface area contributed by atoms with Crippen LogP contribution in [0.4, 0.5) is 5.69 Å². The average Bonchev–Trinajstić information content (AvgIpc) is 3.37. The molecule has 2 atom stereocenters. The van der Waals surface area contributed by atoms with E-state index >= 15 is 0 Å². The summed E-state index contributed by atoms with van der Waals surface area (Å²) in [6.07, 6.45) is 0.622. The Morgan fingerprint density at radius 3 is 2.25 bits per heavy atom. The summed E-state index contributed by atoms with van der Waals surface area (Å²) in [6.45, 7) is 4.49. The van der Waals surface area contributed by atoms with Crippen LogP contribution in [0.3, 0.4) is 0 Å². The van der Waals surface area contributed by atoms with Gasteiger partial charge in [-0.1, -0.05) is 42.5 Å². The van der Waals surface area contributed by atoms with Crippen LogP contribution in [0.1, 0.15) is 23.1 Å². The Bertz CT molecular complexity index is 770. The van der Waals surface area contributed by atoms with Crippen molar-refractivity contribution in [3.05, 3.63) is 65.2 Å². The molecule has 0 heterocycles. The molecule has 0 aromatic heterocycles. The normalized spacial score (nSPS) is 18.8. The molecule has 0 bridgehead atoms. The Labute approximate surface area is 142 Å². The van der Waals surface area contributed by atoms with E-state index < -0.39 is 0 Å². The highest BCUT2D eigenvalue weighted by atomic mass is 16.2. The van der Waals surface area contributed by atoms with Gasteiger partial charge in [0.05, 0.1) is 11.8 Å². The lowest BCUT2D eigenvalue weighted by Crippen LogP contribution is -2.27. The molecule has 24 heavy (non-hydrogen) atoms. The highest BCUT2D eigenvalue weighted by Crippen LogP contribution is 2.39. The summed E-state index contributed by atoms with van der Waals surface area (Å²) < 4.78 is 0. The Hall–Kier alpha value is -2.62. The maximum absolute atomic E-state index is 12.3. The van der Waals surface area contributed by atoms with Crippen molar-refractivity contribution < 1.29 is 9.59 Å². The van der Waals surface area contributed by atoms with Crippen LogP contribution in [0.15, 0.2) is 48.5 Å². The van der Waals surface area contributed by atoms with Gasteiger partial charge in [-0.2, -0.15) is 0 Å². The molecule has 2 unspecified atom stereocenters. The Morgan fingerprint density at radius 2 is 1.54 bits per heavy atom. The number of hydrogen-bond acceptors (Lipinski definition) is 2. The maximum atomic E-state index is 12.3. The summed E-state index contributed by atoms with van der Waals surface area (Å²) in [5, 5.41) is 5.86. The number of para-hydroxylation sites is 1. The van der Waals surface area contributed by atoms with Gasteiger partial charge in [0.1, 0.15) is 0 Å². The molecule has 0 saturated heterocycles. The van der Waals surface area contributed by atoms with Gasteiger partial charge in [0.2, 0.25) is 11.8 Å². The minimum atomic E-state index is -0.221. The van der Waals surface area contributed by atoms with Gasteiger partial charge < -0.3 is 10.6 Å². The fourth-order valence-electron chi connectivity index (χ4n) is 2.83. The van der Waals surface area contributed by atoms with Crippen LogP contribution < -0.4 is 10.6 Å². The first-order valence-electron chi connectivity index (χ1n) is 8.25. The molecular weight excluding hydrogens is 300 g/mol. The summed E-state index contributed by atoms with van der Waals surface area (Å²) in [6, 6.07) is 15.6. The second kappa shape index (κ2) is 6.87. The SMILES string of the molecule is Cc1ccccc1CNC(=O)C1CC1C(=O)Nc1ccccc1C. The lowest BCUT2D eigenvalue weighted by Gasteiger charge is -2.09. The molecule has 1 aliphatic rings. The van der Waals surface area contributed by atoms with E-state index in [1.165, 1.54) is 0 Å². The third-order valence-electron chi connectivity index (χ3n) is 4.58. The molecule has 3 rings (SSSR count). The molecule has 0 spiro atoms.